The molecule has 156 valence electrons. The molecule has 0 saturated carbocycles. The van der Waals surface area contributed by atoms with E-state index in [0.29, 0.717) is 19.0 Å². The molecule has 2 heterocycles. The lowest BCUT2D eigenvalue weighted by Gasteiger charge is -2.36. The van der Waals surface area contributed by atoms with Crippen molar-refractivity contribution < 1.29 is 9.53 Å². The zero-order chi connectivity index (χ0) is 19.9. The molecule has 3 rings (SSSR count). The second-order valence-electron chi connectivity index (χ2n) is 8.16. The first kappa shape index (κ1) is 21.4. The van der Waals surface area contributed by atoms with Crippen LogP contribution in [0, 0.1) is 5.92 Å². The van der Waals surface area contributed by atoms with Gasteiger partial charge in [0.25, 0.3) is 0 Å². The van der Waals surface area contributed by atoms with Crippen LogP contribution < -0.4 is 10.2 Å². The summed E-state index contributed by atoms with van der Waals surface area (Å²) in [5.74, 6) is 0.730. The molecule has 0 aromatic heterocycles. The molecule has 0 bridgehead atoms. The molecule has 1 unspecified atom stereocenters. The number of rotatable bonds is 7. The average molecular weight is 409 g/mol. The number of halogens is 1. The molecular formula is C21H33ClN4O2. The Morgan fingerprint density at radius 1 is 1.18 bits per heavy atom. The number of benzene rings is 1. The second-order valence-corrected chi connectivity index (χ2v) is 8.57. The minimum absolute atomic E-state index is 0.0794. The Morgan fingerprint density at radius 2 is 1.93 bits per heavy atom. The fraction of sp³-hybridized carbons (Fsp3) is 0.667. The van der Waals surface area contributed by atoms with Crippen molar-refractivity contribution >= 4 is 23.2 Å². The number of morpholine rings is 1. The number of amides is 1. The van der Waals surface area contributed by atoms with Gasteiger partial charge in [0.15, 0.2) is 0 Å². The summed E-state index contributed by atoms with van der Waals surface area (Å²) >= 11 is 6.30. The molecule has 1 N–H and O–H groups in total. The molecular weight excluding hydrogens is 376 g/mol. The summed E-state index contributed by atoms with van der Waals surface area (Å²) < 4.78 is 5.82. The SMILES string of the molecule is CC(C)CN1CCOC(CNC(=O)CN2CCN(c3ccccc3Cl)CC2)C1. The van der Waals surface area contributed by atoms with Crippen molar-refractivity contribution in [2.45, 2.75) is 20.0 Å². The topological polar surface area (TPSA) is 48.1 Å². The van der Waals surface area contributed by atoms with Crippen molar-refractivity contribution in [1.29, 1.82) is 0 Å². The Labute approximate surface area is 173 Å². The van der Waals surface area contributed by atoms with Crippen LogP contribution in [0.4, 0.5) is 5.69 Å². The highest BCUT2D eigenvalue weighted by Crippen LogP contribution is 2.25. The Kier molecular flexibility index (Phi) is 7.97. The molecule has 1 aromatic rings. The van der Waals surface area contributed by atoms with Gasteiger partial charge in [0.05, 0.1) is 30.0 Å². The fourth-order valence-electron chi connectivity index (χ4n) is 3.93. The van der Waals surface area contributed by atoms with Gasteiger partial charge in [0, 0.05) is 52.4 Å². The number of anilines is 1. The Hall–Kier alpha value is -1.34. The monoisotopic (exact) mass is 408 g/mol. The average Bonchev–Trinajstić information content (AvgIpc) is 2.67. The second kappa shape index (κ2) is 10.4. The molecule has 1 amide bonds. The lowest BCUT2D eigenvalue weighted by atomic mass is 10.2. The molecule has 7 heteroatoms. The summed E-state index contributed by atoms with van der Waals surface area (Å²) in [6.07, 6.45) is 0.0912. The summed E-state index contributed by atoms with van der Waals surface area (Å²) in [7, 11) is 0. The van der Waals surface area contributed by atoms with Gasteiger partial charge in [-0.2, -0.15) is 0 Å². The maximum atomic E-state index is 12.4. The van der Waals surface area contributed by atoms with Crippen LogP contribution in [-0.2, 0) is 9.53 Å². The van der Waals surface area contributed by atoms with Crippen molar-refractivity contribution in [2.75, 3.05) is 70.4 Å². The predicted molar refractivity (Wildman–Crippen MR) is 114 cm³/mol. The molecule has 2 aliphatic heterocycles. The number of hydrogen-bond acceptors (Lipinski definition) is 5. The smallest absolute Gasteiger partial charge is 0.234 e. The first-order chi connectivity index (χ1) is 13.5. The van der Waals surface area contributed by atoms with Gasteiger partial charge in [-0.25, -0.2) is 0 Å². The van der Waals surface area contributed by atoms with Crippen LogP contribution in [0.25, 0.3) is 0 Å². The standard InChI is InChI=1S/C21H33ClN4O2/c1-17(2)14-25-11-12-28-18(15-25)13-23-21(27)16-24-7-9-26(10-8-24)20-6-4-3-5-19(20)22/h3-6,17-18H,7-16H2,1-2H3,(H,23,27). The van der Waals surface area contributed by atoms with Gasteiger partial charge in [-0.05, 0) is 18.1 Å². The Balaban J connectivity index is 1.36. The van der Waals surface area contributed by atoms with E-state index in [2.05, 4.69) is 39.9 Å². The highest BCUT2D eigenvalue weighted by molar-refractivity contribution is 6.33. The number of hydrogen-bond donors (Lipinski definition) is 1. The molecule has 2 saturated heterocycles. The minimum atomic E-state index is 0.0794. The molecule has 0 spiro atoms. The van der Waals surface area contributed by atoms with Gasteiger partial charge in [0.2, 0.25) is 5.91 Å². The summed E-state index contributed by atoms with van der Waals surface area (Å²) in [4.78, 5) is 19.3. The zero-order valence-corrected chi connectivity index (χ0v) is 17.8. The highest BCUT2D eigenvalue weighted by atomic mass is 35.5. The molecule has 0 aliphatic carbocycles. The van der Waals surface area contributed by atoms with E-state index in [9.17, 15) is 4.79 Å². The largest absolute Gasteiger partial charge is 0.374 e. The van der Waals surface area contributed by atoms with Crippen LogP contribution in [0.5, 0.6) is 0 Å². The van der Waals surface area contributed by atoms with Crippen molar-refractivity contribution in [3.05, 3.63) is 29.3 Å². The van der Waals surface area contributed by atoms with E-state index in [4.69, 9.17) is 16.3 Å². The van der Waals surface area contributed by atoms with E-state index < -0.39 is 0 Å². The number of para-hydroxylation sites is 1. The number of nitrogens with zero attached hydrogens (tertiary/aromatic N) is 3. The highest BCUT2D eigenvalue weighted by Gasteiger charge is 2.23. The molecule has 1 aromatic carbocycles. The Morgan fingerprint density at radius 3 is 2.64 bits per heavy atom. The quantitative estimate of drug-likeness (QED) is 0.747. The van der Waals surface area contributed by atoms with Crippen LogP contribution in [0.2, 0.25) is 5.02 Å². The molecule has 2 aliphatic rings. The van der Waals surface area contributed by atoms with Crippen LogP contribution in [-0.4, -0.2) is 87.3 Å². The number of piperazine rings is 1. The van der Waals surface area contributed by atoms with E-state index >= 15 is 0 Å². The summed E-state index contributed by atoms with van der Waals surface area (Å²) in [6.45, 7) is 12.7. The van der Waals surface area contributed by atoms with Gasteiger partial charge >= 0.3 is 0 Å². The third kappa shape index (κ3) is 6.34. The van der Waals surface area contributed by atoms with Gasteiger partial charge < -0.3 is 15.0 Å². The van der Waals surface area contributed by atoms with Crippen molar-refractivity contribution in [3.8, 4) is 0 Å². The van der Waals surface area contributed by atoms with Gasteiger partial charge in [0.1, 0.15) is 0 Å². The van der Waals surface area contributed by atoms with E-state index in [1.165, 1.54) is 0 Å². The van der Waals surface area contributed by atoms with Crippen LogP contribution in [0.15, 0.2) is 24.3 Å². The fourth-order valence-corrected chi connectivity index (χ4v) is 4.18. The van der Waals surface area contributed by atoms with E-state index in [-0.39, 0.29) is 12.0 Å². The van der Waals surface area contributed by atoms with Crippen LogP contribution in [0.3, 0.4) is 0 Å². The van der Waals surface area contributed by atoms with Gasteiger partial charge in [-0.15, -0.1) is 0 Å². The molecule has 6 nitrogen and oxygen atoms in total. The van der Waals surface area contributed by atoms with Crippen LogP contribution in [0.1, 0.15) is 13.8 Å². The van der Waals surface area contributed by atoms with Gasteiger partial charge in [-0.1, -0.05) is 37.6 Å². The lowest BCUT2D eigenvalue weighted by Crippen LogP contribution is -2.52. The van der Waals surface area contributed by atoms with E-state index in [1.807, 2.05) is 18.2 Å². The van der Waals surface area contributed by atoms with Crippen molar-refractivity contribution in [2.24, 2.45) is 5.92 Å². The number of ether oxygens (including phenoxy) is 1. The summed E-state index contributed by atoms with van der Waals surface area (Å²) in [5.41, 5.74) is 1.08. The van der Waals surface area contributed by atoms with E-state index in [0.717, 1.165) is 63.1 Å². The summed E-state index contributed by atoms with van der Waals surface area (Å²) in [5, 5.41) is 3.84. The molecule has 0 radical (unpaired) electrons. The number of carbonyl (C=O) groups excluding carboxylic acids is 1. The number of nitrogens with one attached hydrogen (secondary N) is 1. The maximum absolute atomic E-state index is 12.4. The van der Waals surface area contributed by atoms with E-state index in [1.54, 1.807) is 0 Å². The molecule has 2 fully saturated rings. The summed E-state index contributed by atoms with van der Waals surface area (Å²) in [6, 6.07) is 7.94. The van der Waals surface area contributed by atoms with Crippen LogP contribution >= 0.6 is 11.6 Å². The maximum Gasteiger partial charge on any atom is 0.234 e. The molecule has 1 atom stereocenters. The normalized spacial score (nSPS) is 21.9. The lowest BCUT2D eigenvalue weighted by molar-refractivity contribution is -0.123. The molecule has 28 heavy (non-hydrogen) atoms. The third-order valence-corrected chi connectivity index (χ3v) is 5.63. The first-order valence-electron chi connectivity index (χ1n) is 10.3. The predicted octanol–water partition coefficient (Wildman–Crippen LogP) is 1.93. The van der Waals surface area contributed by atoms with Gasteiger partial charge in [-0.3, -0.25) is 14.6 Å². The Bertz CT molecular complexity index is 635. The van der Waals surface area contributed by atoms with Crippen molar-refractivity contribution in [3.63, 3.8) is 0 Å². The minimum Gasteiger partial charge on any atom is -0.374 e. The zero-order valence-electron chi connectivity index (χ0n) is 17.1. The number of carbonyl (C=O) groups is 1. The van der Waals surface area contributed by atoms with Crippen molar-refractivity contribution in [1.82, 2.24) is 15.1 Å². The third-order valence-electron chi connectivity index (χ3n) is 5.31. The first-order valence-corrected chi connectivity index (χ1v) is 10.7.